The molecule has 0 aliphatic carbocycles. The molecule has 0 radical (unpaired) electrons. The van der Waals surface area contributed by atoms with Crippen LogP contribution in [0.1, 0.15) is 24.3 Å². The Morgan fingerprint density at radius 2 is 2.47 bits per heavy atom. The van der Waals surface area contributed by atoms with Crippen LogP contribution < -0.4 is 5.73 Å². The third-order valence-electron chi connectivity index (χ3n) is 2.56. The third-order valence-corrected chi connectivity index (χ3v) is 3.54. The molecule has 2 rings (SSSR count). The van der Waals surface area contributed by atoms with Gasteiger partial charge in [-0.25, -0.2) is 4.68 Å². The summed E-state index contributed by atoms with van der Waals surface area (Å²) in [5.41, 5.74) is 5.61. The lowest BCUT2D eigenvalue weighted by Gasteiger charge is -2.14. The summed E-state index contributed by atoms with van der Waals surface area (Å²) in [6, 6.07) is 3.88. The van der Waals surface area contributed by atoms with Gasteiger partial charge in [0.2, 0.25) is 5.82 Å². The van der Waals surface area contributed by atoms with Gasteiger partial charge in [0.1, 0.15) is 6.20 Å². The second-order valence-corrected chi connectivity index (χ2v) is 4.54. The van der Waals surface area contributed by atoms with E-state index in [-0.39, 0.29) is 17.5 Å². The van der Waals surface area contributed by atoms with Crippen LogP contribution >= 0.6 is 11.3 Å². The van der Waals surface area contributed by atoms with Crippen LogP contribution in [0.25, 0.3) is 0 Å². The summed E-state index contributed by atoms with van der Waals surface area (Å²) in [6.07, 6.45) is 1.98. The first-order valence-electron chi connectivity index (χ1n) is 5.16. The average Bonchev–Trinajstić information content (AvgIpc) is 2.91. The van der Waals surface area contributed by atoms with Gasteiger partial charge in [-0.15, -0.1) is 11.3 Å². The molecule has 2 heterocycles. The number of hydrogen-bond acceptors (Lipinski definition) is 5. The van der Waals surface area contributed by atoms with E-state index in [1.165, 1.54) is 10.9 Å². The number of aromatic nitrogens is 2. The SMILES string of the molecule is CCC(c1cccs1)n1ncc([N+](=O)[O-])c1N. The van der Waals surface area contributed by atoms with Crippen molar-refractivity contribution in [3.8, 4) is 0 Å². The van der Waals surface area contributed by atoms with E-state index in [0.29, 0.717) is 0 Å². The predicted molar refractivity (Wildman–Crippen MR) is 66.0 cm³/mol. The van der Waals surface area contributed by atoms with Crippen LogP contribution in [-0.4, -0.2) is 14.7 Å². The van der Waals surface area contributed by atoms with Crippen LogP contribution in [0.3, 0.4) is 0 Å². The second-order valence-electron chi connectivity index (χ2n) is 3.56. The minimum absolute atomic E-state index is 0.0382. The number of nitrogens with zero attached hydrogens (tertiary/aromatic N) is 3. The normalized spacial score (nSPS) is 12.5. The molecule has 0 fully saturated rings. The zero-order valence-electron chi connectivity index (χ0n) is 9.24. The molecule has 2 aromatic heterocycles. The molecule has 0 saturated heterocycles. The largest absolute Gasteiger partial charge is 0.378 e. The molecule has 1 atom stereocenters. The van der Waals surface area contributed by atoms with Gasteiger partial charge < -0.3 is 5.73 Å². The molecule has 90 valence electrons. The Hall–Kier alpha value is -1.89. The van der Waals surface area contributed by atoms with Crippen molar-refractivity contribution in [2.75, 3.05) is 5.73 Å². The van der Waals surface area contributed by atoms with Crippen molar-refractivity contribution in [1.82, 2.24) is 9.78 Å². The molecule has 0 saturated carbocycles. The van der Waals surface area contributed by atoms with Crippen molar-refractivity contribution < 1.29 is 4.92 Å². The number of thiophene rings is 1. The Morgan fingerprint density at radius 3 is 2.94 bits per heavy atom. The lowest BCUT2D eigenvalue weighted by Crippen LogP contribution is -2.13. The summed E-state index contributed by atoms with van der Waals surface area (Å²) in [7, 11) is 0. The van der Waals surface area contributed by atoms with Gasteiger partial charge in [0, 0.05) is 4.88 Å². The third kappa shape index (κ3) is 2.01. The van der Waals surface area contributed by atoms with Crippen molar-refractivity contribution in [2.24, 2.45) is 0 Å². The molecule has 0 amide bonds. The van der Waals surface area contributed by atoms with E-state index < -0.39 is 4.92 Å². The molecule has 0 bridgehead atoms. The Balaban J connectivity index is 2.42. The maximum Gasteiger partial charge on any atom is 0.330 e. The number of nitrogens with two attached hydrogens (primary N) is 1. The molecule has 6 nitrogen and oxygen atoms in total. The fourth-order valence-corrected chi connectivity index (χ4v) is 2.62. The molecule has 0 aromatic carbocycles. The minimum Gasteiger partial charge on any atom is -0.378 e. The molecule has 7 heteroatoms. The highest BCUT2D eigenvalue weighted by Crippen LogP contribution is 2.31. The standard InChI is InChI=1S/C10H12N4O2S/c1-2-7(9-4-3-5-17-9)13-10(11)8(6-12-13)14(15)16/h3-7H,2,11H2,1H3. The smallest absolute Gasteiger partial charge is 0.330 e. The summed E-state index contributed by atoms with van der Waals surface area (Å²) >= 11 is 1.59. The van der Waals surface area contributed by atoms with Gasteiger partial charge >= 0.3 is 5.69 Å². The van der Waals surface area contributed by atoms with Gasteiger partial charge in [0.15, 0.2) is 0 Å². The summed E-state index contributed by atoms with van der Waals surface area (Å²) in [5.74, 6) is 0.107. The van der Waals surface area contributed by atoms with Crippen LogP contribution in [0.4, 0.5) is 11.5 Å². The molecule has 0 spiro atoms. The van der Waals surface area contributed by atoms with Crippen LogP contribution in [0.2, 0.25) is 0 Å². The van der Waals surface area contributed by atoms with Crippen LogP contribution in [-0.2, 0) is 0 Å². The van der Waals surface area contributed by atoms with E-state index >= 15 is 0 Å². The first kappa shape index (κ1) is 11.6. The first-order chi connectivity index (χ1) is 8.15. The lowest BCUT2D eigenvalue weighted by molar-refractivity contribution is -0.384. The molecular weight excluding hydrogens is 240 g/mol. The number of nitrogen functional groups attached to an aromatic ring is 1. The zero-order valence-corrected chi connectivity index (χ0v) is 10.1. The van der Waals surface area contributed by atoms with Crippen LogP contribution in [0.15, 0.2) is 23.7 Å². The Morgan fingerprint density at radius 1 is 1.71 bits per heavy atom. The van der Waals surface area contributed by atoms with E-state index in [0.717, 1.165) is 11.3 Å². The predicted octanol–water partition coefficient (Wildman–Crippen LogP) is 2.43. The van der Waals surface area contributed by atoms with Crippen molar-refractivity contribution in [3.63, 3.8) is 0 Å². The van der Waals surface area contributed by atoms with Gasteiger partial charge in [-0.2, -0.15) is 5.10 Å². The van der Waals surface area contributed by atoms with E-state index in [1.807, 2.05) is 24.4 Å². The van der Waals surface area contributed by atoms with Crippen molar-refractivity contribution in [2.45, 2.75) is 19.4 Å². The average molecular weight is 252 g/mol. The van der Waals surface area contributed by atoms with Gasteiger partial charge in [-0.1, -0.05) is 13.0 Å². The molecule has 17 heavy (non-hydrogen) atoms. The topological polar surface area (TPSA) is 87.0 Å². The molecule has 0 aliphatic heterocycles. The number of hydrogen-bond donors (Lipinski definition) is 1. The highest BCUT2D eigenvalue weighted by molar-refractivity contribution is 7.10. The first-order valence-corrected chi connectivity index (χ1v) is 6.03. The van der Waals surface area contributed by atoms with Crippen LogP contribution in [0.5, 0.6) is 0 Å². The molecule has 2 aromatic rings. The van der Waals surface area contributed by atoms with Crippen molar-refractivity contribution >= 4 is 22.8 Å². The van der Waals surface area contributed by atoms with Gasteiger partial charge in [0.25, 0.3) is 0 Å². The summed E-state index contributed by atoms with van der Waals surface area (Å²) in [5, 5.41) is 16.7. The van der Waals surface area contributed by atoms with E-state index in [4.69, 9.17) is 5.73 Å². The molecule has 2 N–H and O–H groups in total. The number of rotatable bonds is 4. The van der Waals surface area contributed by atoms with Gasteiger partial charge in [-0.05, 0) is 17.9 Å². The summed E-state index contributed by atoms with van der Waals surface area (Å²) in [6.45, 7) is 2.00. The number of nitro groups is 1. The van der Waals surface area contributed by atoms with E-state index in [2.05, 4.69) is 5.10 Å². The quantitative estimate of drug-likeness (QED) is 0.668. The number of anilines is 1. The zero-order chi connectivity index (χ0) is 12.4. The molecule has 0 aliphatic rings. The molecule has 1 unspecified atom stereocenters. The Kier molecular flexibility index (Phi) is 3.10. The summed E-state index contributed by atoms with van der Waals surface area (Å²) < 4.78 is 1.52. The Labute approximate surface area is 102 Å². The minimum atomic E-state index is -0.514. The van der Waals surface area contributed by atoms with Gasteiger partial charge in [-0.3, -0.25) is 10.1 Å². The summed E-state index contributed by atoms with van der Waals surface area (Å²) in [4.78, 5) is 11.3. The fourth-order valence-electron chi connectivity index (χ4n) is 1.73. The highest BCUT2D eigenvalue weighted by atomic mass is 32.1. The fraction of sp³-hybridized carbons (Fsp3) is 0.300. The van der Waals surface area contributed by atoms with Crippen LogP contribution in [0, 0.1) is 10.1 Å². The highest BCUT2D eigenvalue weighted by Gasteiger charge is 2.23. The molecular formula is C10H12N4O2S. The Bertz CT molecular complexity index is 520. The van der Waals surface area contributed by atoms with Gasteiger partial charge in [0.05, 0.1) is 11.0 Å². The second kappa shape index (κ2) is 4.54. The maximum absolute atomic E-state index is 10.7. The monoisotopic (exact) mass is 252 g/mol. The maximum atomic E-state index is 10.7. The van der Waals surface area contributed by atoms with Crippen molar-refractivity contribution in [3.05, 3.63) is 38.7 Å². The van der Waals surface area contributed by atoms with E-state index in [9.17, 15) is 10.1 Å². The van der Waals surface area contributed by atoms with E-state index in [1.54, 1.807) is 11.3 Å². The van der Waals surface area contributed by atoms with Crippen molar-refractivity contribution in [1.29, 1.82) is 0 Å². The lowest BCUT2D eigenvalue weighted by atomic mass is 10.2.